The van der Waals surface area contributed by atoms with Crippen LogP contribution in [0.5, 0.6) is 0 Å². The highest BCUT2D eigenvalue weighted by Gasteiger charge is 2.28. The van der Waals surface area contributed by atoms with Crippen LogP contribution in [0.15, 0.2) is 54.6 Å². The van der Waals surface area contributed by atoms with E-state index >= 15 is 0 Å². The summed E-state index contributed by atoms with van der Waals surface area (Å²) in [6.07, 6.45) is 2.56. The number of hydrogen-bond donors (Lipinski definition) is 0. The van der Waals surface area contributed by atoms with Gasteiger partial charge in [0.15, 0.2) is 5.78 Å². The molecule has 0 atom stereocenters. The van der Waals surface area contributed by atoms with Crippen LogP contribution in [0.3, 0.4) is 0 Å². The van der Waals surface area contributed by atoms with Crippen molar-refractivity contribution in [1.29, 1.82) is 0 Å². The van der Waals surface area contributed by atoms with Gasteiger partial charge in [0.05, 0.1) is 0 Å². The molecule has 0 aromatic heterocycles. The van der Waals surface area contributed by atoms with Crippen molar-refractivity contribution in [2.24, 2.45) is 0 Å². The lowest BCUT2D eigenvalue weighted by Crippen LogP contribution is -2.32. The Morgan fingerprint density at radius 2 is 1.71 bits per heavy atom. The fourth-order valence-electron chi connectivity index (χ4n) is 3.72. The van der Waals surface area contributed by atoms with Gasteiger partial charge in [-0.2, -0.15) is 0 Å². The molecule has 0 saturated heterocycles. The first-order valence-corrected chi connectivity index (χ1v) is 7.24. The molecule has 5 rings (SSSR count). The Balaban J connectivity index is 2.10. The Bertz CT molecular complexity index is 1070. The zero-order valence-corrected chi connectivity index (χ0v) is 11.4. The summed E-state index contributed by atoms with van der Waals surface area (Å²) in [6, 6.07) is 19.0. The number of Topliss-reactive ketones (excluding diaryl/α,β-unsaturated/α-hetero) is 1. The minimum Gasteiger partial charge on any atom is -0.294 e. The van der Waals surface area contributed by atoms with Crippen molar-refractivity contribution in [3.63, 3.8) is 0 Å². The molecule has 0 aliphatic heterocycles. The van der Waals surface area contributed by atoms with E-state index in [1.54, 1.807) is 0 Å². The van der Waals surface area contributed by atoms with Crippen LogP contribution in [-0.2, 0) is 4.79 Å². The van der Waals surface area contributed by atoms with E-state index in [-0.39, 0.29) is 5.78 Å². The van der Waals surface area contributed by atoms with Crippen LogP contribution in [0.1, 0.15) is 12.0 Å². The summed E-state index contributed by atoms with van der Waals surface area (Å²) in [4.78, 5) is 12.6. The van der Waals surface area contributed by atoms with Crippen molar-refractivity contribution in [1.82, 2.24) is 0 Å². The second-order valence-corrected chi connectivity index (χ2v) is 5.69. The number of hydrogen-bond acceptors (Lipinski definition) is 1. The largest absolute Gasteiger partial charge is 0.294 e. The summed E-state index contributed by atoms with van der Waals surface area (Å²) in [6.45, 7) is 0. The minimum atomic E-state index is 0.241. The van der Waals surface area contributed by atoms with Crippen LogP contribution < -0.4 is 10.4 Å². The Morgan fingerprint density at radius 1 is 0.810 bits per heavy atom. The monoisotopic (exact) mass is 268 g/mol. The van der Waals surface area contributed by atoms with Gasteiger partial charge in [-0.1, -0.05) is 60.7 Å². The molecule has 0 saturated carbocycles. The topological polar surface area (TPSA) is 17.1 Å². The van der Waals surface area contributed by atoms with Crippen molar-refractivity contribution in [3.05, 3.63) is 70.6 Å². The number of carbonyl (C=O) groups is 1. The Labute approximate surface area is 121 Å². The quantitative estimate of drug-likeness (QED) is 0.613. The molecule has 2 aliphatic rings. The van der Waals surface area contributed by atoms with Crippen LogP contribution in [0, 0.1) is 0 Å². The number of carbonyl (C=O) groups excluding carboxylic acids is 1. The SMILES string of the molecule is O=C1CC=c2cccc3c2=C1c1c-3ccc2ccccc12. The third kappa shape index (κ3) is 1.28. The number of benzene rings is 3. The van der Waals surface area contributed by atoms with Crippen molar-refractivity contribution in [2.45, 2.75) is 6.42 Å². The molecule has 0 N–H and O–H groups in total. The standard InChI is InChI=1S/C20H12O/c21-17-11-9-13-5-3-7-15-16-10-8-12-4-1-2-6-14(12)19(16)20(17)18(13)15/h1-10H,11H2. The predicted molar refractivity (Wildman–Crippen MR) is 85.2 cm³/mol. The van der Waals surface area contributed by atoms with Gasteiger partial charge in [0, 0.05) is 22.8 Å². The first-order valence-electron chi connectivity index (χ1n) is 7.24. The average Bonchev–Trinajstić information content (AvgIpc) is 2.88. The maximum absolute atomic E-state index is 12.6. The lowest BCUT2D eigenvalue weighted by atomic mass is 9.92. The summed E-state index contributed by atoms with van der Waals surface area (Å²) in [5.74, 6) is 0.241. The zero-order chi connectivity index (χ0) is 14.0. The van der Waals surface area contributed by atoms with E-state index in [1.165, 1.54) is 27.1 Å². The minimum absolute atomic E-state index is 0.241. The summed E-state index contributed by atoms with van der Waals surface area (Å²) >= 11 is 0. The van der Waals surface area contributed by atoms with Crippen LogP contribution in [0.4, 0.5) is 0 Å². The second-order valence-electron chi connectivity index (χ2n) is 5.69. The van der Waals surface area contributed by atoms with Crippen LogP contribution in [0.25, 0.3) is 33.5 Å². The van der Waals surface area contributed by atoms with E-state index in [0.717, 1.165) is 16.4 Å². The number of ketones is 1. The molecule has 0 radical (unpaired) electrons. The molecule has 0 unspecified atom stereocenters. The van der Waals surface area contributed by atoms with Gasteiger partial charge in [0.1, 0.15) is 0 Å². The fraction of sp³-hybridized carbons (Fsp3) is 0.0500. The zero-order valence-electron chi connectivity index (χ0n) is 11.4. The first-order chi connectivity index (χ1) is 10.3. The molecule has 0 spiro atoms. The highest BCUT2D eigenvalue weighted by molar-refractivity contribution is 6.29. The molecule has 0 heterocycles. The van der Waals surface area contributed by atoms with Crippen molar-refractivity contribution < 1.29 is 4.79 Å². The number of rotatable bonds is 0. The van der Waals surface area contributed by atoms with E-state index in [1.807, 2.05) is 12.1 Å². The summed E-state index contributed by atoms with van der Waals surface area (Å²) in [5.41, 5.74) is 4.46. The van der Waals surface area contributed by atoms with Gasteiger partial charge >= 0.3 is 0 Å². The molecule has 0 fully saturated rings. The molecule has 3 aromatic carbocycles. The molecule has 21 heavy (non-hydrogen) atoms. The van der Waals surface area contributed by atoms with Gasteiger partial charge in [-0.15, -0.1) is 0 Å². The normalized spacial score (nSPS) is 14.9. The Morgan fingerprint density at radius 3 is 2.67 bits per heavy atom. The molecule has 1 heteroatoms. The highest BCUT2D eigenvalue weighted by atomic mass is 16.1. The summed E-state index contributed by atoms with van der Waals surface area (Å²) in [5, 5.41) is 4.71. The van der Waals surface area contributed by atoms with Crippen molar-refractivity contribution in [3.8, 4) is 11.1 Å². The summed E-state index contributed by atoms with van der Waals surface area (Å²) in [7, 11) is 0. The van der Waals surface area contributed by atoms with Crippen LogP contribution >= 0.6 is 0 Å². The van der Waals surface area contributed by atoms with Crippen molar-refractivity contribution in [2.75, 3.05) is 0 Å². The van der Waals surface area contributed by atoms with Gasteiger partial charge < -0.3 is 0 Å². The lowest BCUT2D eigenvalue weighted by Gasteiger charge is -2.10. The second kappa shape index (κ2) is 3.70. The van der Waals surface area contributed by atoms with Gasteiger partial charge in [0.2, 0.25) is 0 Å². The third-order valence-electron chi connectivity index (χ3n) is 4.60. The lowest BCUT2D eigenvalue weighted by molar-refractivity contribution is -0.112. The van der Waals surface area contributed by atoms with Gasteiger partial charge in [0.25, 0.3) is 0 Å². The van der Waals surface area contributed by atoms with Gasteiger partial charge in [-0.3, -0.25) is 4.79 Å². The van der Waals surface area contributed by atoms with E-state index in [4.69, 9.17) is 0 Å². The Hall–Kier alpha value is -2.67. The fourth-order valence-corrected chi connectivity index (χ4v) is 3.72. The summed E-state index contributed by atoms with van der Waals surface area (Å²) < 4.78 is 0. The first kappa shape index (κ1) is 11.0. The van der Waals surface area contributed by atoms with E-state index in [2.05, 4.69) is 48.5 Å². The smallest absolute Gasteiger partial charge is 0.167 e. The van der Waals surface area contributed by atoms with Crippen LogP contribution in [0.2, 0.25) is 0 Å². The predicted octanol–water partition coefficient (Wildman–Crippen LogP) is 2.77. The van der Waals surface area contributed by atoms with E-state index < -0.39 is 0 Å². The molecule has 0 bridgehead atoms. The van der Waals surface area contributed by atoms with Crippen LogP contribution in [-0.4, -0.2) is 5.78 Å². The highest BCUT2D eigenvalue weighted by Crippen LogP contribution is 2.38. The molecular formula is C20H12O. The molecule has 2 aliphatic carbocycles. The molecule has 1 nitrogen and oxygen atoms in total. The van der Waals surface area contributed by atoms with Gasteiger partial charge in [-0.05, 0) is 27.1 Å². The third-order valence-corrected chi connectivity index (χ3v) is 4.60. The van der Waals surface area contributed by atoms with E-state index in [9.17, 15) is 4.79 Å². The molecule has 98 valence electrons. The maximum atomic E-state index is 12.6. The van der Waals surface area contributed by atoms with E-state index in [0.29, 0.717) is 6.42 Å². The Kier molecular flexibility index (Phi) is 1.95. The van der Waals surface area contributed by atoms with Gasteiger partial charge in [-0.25, -0.2) is 0 Å². The average molecular weight is 268 g/mol. The molecule has 3 aromatic rings. The van der Waals surface area contributed by atoms with Crippen molar-refractivity contribution >= 4 is 28.2 Å². The maximum Gasteiger partial charge on any atom is 0.167 e. The molecular weight excluding hydrogens is 256 g/mol. The molecule has 0 amide bonds. The number of fused-ring (bicyclic) bond motifs is 5.